The number of carboxylic acids is 1. The summed E-state index contributed by atoms with van der Waals surface area (Å²) in [4.78, 5) is 12.7. The van der Waals surface area contributed by atoms with Crippen molar-refractivity contribution in [2.24, 2.45) is 0 Å². The van der Waals surface area contributed by atoms with Crippen LogP contribution in [-0.2, 0) is 0 Å². The molecule has 0 aliphatic rings. The molecule has 2 aromatic carbocycles. The molecule has 88 valence electrons. The van der Waals surface area contributed by atoms with Crippen LogP contribution >= 0.6 is 11.8 Å². The minimum atomic E-state index is -0.938. The molecule has 2 rings (SSSR count). The van der Waals surface area contributed by atoms with E-state index >= 15 is 0 Å². The molecule has 4 heteroatoms. The fraction of sp³-hybridized carbons (Fsp3) is 0. The summed E-state index contributed by atoms with van der Waals surface area (Å²) in [5.41, 5.74) is 0.873. The summed E-state index contributed by atoms with van der Waals surface area (Å²) >= 11 is 1.37. The Balaban J connectivity index is 2.28. The Labute approximate surface area is 109 Å². The Kier molecular flexibility index (Phi) is 3.66. The first-order valence-electron chi connectivity index (χ1n) is 5.21. The molecule has 0 saturated heterocycles. The van der Waals surface area contributed by atoms with E-state index in [-0.39, 0.29) is 5.56 Å². The molecule has 0 unspecified atom stereocenters. The fourth-order valence-corrected chi connectivity index (χ4v) is 2.39. The summed E-state index contributed by atoms with van der Waals surface area (Å²) in [6, 6.07) is 15.9. The highest BCUT2D eigenvalue weighted by Gasteiger charge is 2.09. The van der Waals surface area contributed by atoms with Crippen molar-refractivity contribution in [3.8, 4) is 6.07 Å². The smallest absolute Gasteiger partial charge is 0.336 e. The zero-order valence-corrected chi connectivity index (χ0v) is 10.1. The third-order valence-corrected chi connectivity index (χ3v) is 3.41. The van der Waals surface area contributed by atoms with Crippen LogP contribution in [0.4, 0.5) is 0 Å². The number of benzene rings is 2. The molecular weight excluding hydrogens is 246 g/mol. The van der Waals surface area contributed by atoms with Gasteiger partial charge in [-0.2, -0.15) is 5.26 Å². The molecule has 0 aromatic heterocycles. The normalized spacial score (nSPS) is 9.72. The lowest BCUT2D eigenvalue weighted by Gasteiger charge is -2.05. The lowest BCUT2D eigenvalue weighted by molar-refractivity contribution is 0.0693. The van der Waals surface area contributed by atoms with E-state index in [9.17, 15) is 4.79 Å². The third-order valence-electron chi connectivity index (χ3n) is 2.33. The SMILES string of the molecule is N#Cc1ccc(Sc2ccccc2C(=O)O)cc1. The highest BCUT2D eigenvalue weighted by Crippen LogP contribution is 2.30. The van der Waals surface area contributed by atoms with E-state index in [1.807, 2.05) is 18.2 Å². The molecular formula is C14H9NO2S. The quantitative estimate of drug-likeness (QED) is 0.913. The number of carbonyl (C=O) groups is 1. The molecule has 0 spiro atoms. The van der Waals surface area contributed by atoms with Gasteiger partial charge < -0.3 is 5.11 Å². The molecule has 0 amide bonds. The average molecular weight is 255 g/mol. The van der Waals surface area contributed by atoms with Gasteiger partial charge in [-0.3, -0.25) is 0 Å². The van der Waals surface area contributed by atoms with Crippen molar-refractivity contribution in [2.45, 2.75) is 9.79 Å². The van der Waals surface area contributed by atoms with Gasteiger partial charge in [0.1, 0.15) is 0 Å². The van der Waals surface area contributed by atoms with Crippen LogP contribution in [0, 0.1) is 11.3 Å². The molecule has 0 atom stereocenters. The molecule has 0 bridgehead atoms. The molecule has 0 aliphatic carbocycles. The number of rotatable bonds is 3. The van der Waals surface area contributed by atoms with Crippen LogP contribution in [0.25, 0.3) is 0 Å². The summed E-state index contributed by atoms with van der Waals surface area (Å²) in [7, 11) is 0. The van der Waals surface area contributed by atoms with Crippen LogP contribution in [0.2, 0.25) is 0 Å². The molecule has 0 saturated carbocycles. The Bertz CT molecular complexity index is 614. The summed E-state index contributed by atoms with van der Waals surface area (Å²) < 4.78 is 0. The maximum atomic E-state index is 11.1. The zero-order chi connectivity index (χ0) is 13.0. The molecule has 3 nitrogen and oxygen atoms in total. The predicted molar refractivity (Wildman–Crippen MR) is 68.7 cm³/mol. The number of hydrogen-bond donors (Lipinski definition) is 1. The van der Waals surface area contributed by atoms with Crippen molar-refractivity contribution in [3.05, 3.63) is 59.7 Å². The molecule has 18 heavy (non-hydrogen) atoms. The fourth-order valence-electron chi connectivity index (χ4n) is 1.46. The predicted octanol–water partition coefficient (Wildman–Crippen LogP) is 3.41. The molecule has 0 heterocycles. The van der Waals surface area contributed by atoms with Crippen molar-refractivity contribution >= 4 is 17.7 Å². The van der Waals surface area contributed by atoms with Crippen molar-refractivity contribution in [3.63, 3.8) is 0 Å². The minimum absolute atomic E-state index is 0.284. The average Bonchev–Trinajstić information content (AvgIpc) is 2.40. The molecule has 0 fully saturated rings. The van der Waals surface area contributed by atoms with Crippen LogP contribution in [0.1, 0.15) is 15.9 Å². The van der Waals surface area contributed by atoms with Gasteiger partial charge in [0.05, 0.1) is 17.2 Å². The number of aromatic carboxylic acids is 1. The standard InChI is InChI=1S/C14H9NO2S/c15-9-10-5-7-11(8-6-10)18-13-4-2-1-3-12(13)14(16)17/h1-8H,(H,16,17). The summed E-state index contributed by atoms with van der Waals surface area (Å²) in [5.74, 6) is -0.938. The van der Waals surface area contributed by atoms with E-state index in [1.165, 1.54) is 11.8 Å². The minimum Gasteiger partial charge on any atom is -0.478 e. The first-order chi connectivity index (χ1) is 8.70. The highest BCUT2D eigenvalue weighted by atomic mass is 32.2. The molecule has 0 radical (unpaired) electrons. The zero-order valence-electron chi connectivity index (χ0n) is 9.33. The van der Waals surface area contributed by atoms with Crippen LogP contribution < -0.4 is 0 Å². The van der Waals surface area contributed by atoms with Crippen molar-refractivity contribution in [2.75, 3.05) is 0 Å². The molecule has 2 aromatic rings. The maximum absolute atomic E-state index is 11.1. The first-order valence-corrected chi connectivity index (χ1v) is 6.02. The Hall–Kier alpha value is -2.25. The van der Waals surface area contributed by atoms with Gasteiger partial charge >= 0.3 is 5.97 Å². The summed E-state index contributed by atoms with van der Waals surface area (Å²) in [5, 5.41) is 17.8. The van der Waals surface area contributed by atoms with Gasteiger partial charge in [-0.05, 0) is 36.4 Å². The lowest BCUT2D eigenvalue weighted by atomic mass is 10.2. The lowest BCUT2D eigenvalue weighted by Crippen LogP contribution is -1.97. The van der Waals surface area contributed by atoms with Gasteiger partial charge in [0.2, 0.25) is 0 Å². The van der Waals surface area contributed by atoms with Gasteiger partial charge in [0, 0.05) is 9.79 Å². The van der Waals surface area contributed by atoms with Gasteiger partial charge in [-0.15, -0.1) is 0 Å². The molecule has 0 aliphatic heterocycles. The monoisotopic (exact) mass is 255 g/mol. The van der Waals surface area contributed by atoms with Crippen LogP contribution in [-0.4, -0.2) is 11.1 Å². The van der Waals surface area contributed by atoms with E-state index in [0.717, 1.165) is 4.90 Å². The van der Waals surface area contributed by atoms with Crippen LogP contribution in [0.3, 0.4) is 0 Å². The second-order valence-electron chi connectivity index (χ2n) is 3.54. The van der Waals surface area contributed by atoms with Crippen LogP contribution in [0.5, 0.6) is 0 Å². The third kappa shape index (κ3) is 2.70. The van der Waals surface area contributed by atoms with E-state index in [1.54, 1.807) is 36.4 Å². The van der Waals surface area contributed by atoms with E-state index in [2.05, 4.69) is 0 Å². The maximum Gasteiger partial charge on any atom is 0.336 e. The van der Waals surface area contributed by atoms with Gasteiger partial charge in [0.15, 0.2) is 0 Å². The van der Waals surface area contributed by atoms with E-state index < -0.39 is 5.97 Å². The largest absolute Gasteiger partial charge is 0.478 e. The second kappa shape index (κ2) is 5.39. The number of nitrogens with zero attached hydrogens (tertiary/aromatic N) is 1. The summed E-state index contributed by atoms with van der Waals surface area (Å²) in [6.07, 6.45) is 0. The Morgan fingerprint density at radius 3 is 2.39 bits per heavy atom. The van der Waals surface area contributed by atoms with Crippen molar-refractivity contribution in [1.29, 1.82) is 5.26 Å². The van der Waals surface area contributed by atoms with Gasteiger partial charge in [-0.1, -0.05) is 23.9 Å². The van der Waals surface area contributed by atoms with E-state index in [4.69, 9.17) is 10.4 Å². The Morgan fingerprint density at radius 2 is 1.78 bits per heavy atom. The first kappa shape index (κ1) is 12.2. The molecule has 1 N–H and O–H groups in total. The van der Waals surface area contributed by atoms with Crippen molar-refractivity contribution < 1.29 is 9.90 Å². The number of nitriles is 1. The number of hydrogen-bond acceptors (Lipinski definition) is 3. The van der Waals surface area contributed by atoms with Gasteiger partial charge in [-0.25, -0.2) is 4.79 Å². The Morgan fingerprint density at radius 1 is 1.11 bits per heavy atom. The van der Waals surface area contributed by atoms with E-state index in [0.29, 0.717) is 10.5 Å². The topological polar surface area (TPSA) is 61.1 Å². The summed E-state index contributed by atoms with van der Waals surface area (Å²) in [6.45, 7) is 0. The van der Waals surface area contributed by atoms with Crippen LogP contribution in [0.15, 0.2) is 58.3 Å². The van der Waals surface area contributed by atoms with Crippen molar-refractivity contribution in [1.82, 2.24) is 0 Å². The van der Waals surface area contributed by atoms with Gasteiger partial charge in [0.25, 0.3) is 0 Å². The second-order valence-corrected chi connectivity index (χ2v) is 4.65. The highest BCUT2D eigenvalue weighted by molar-refractivity contribution is 7.99. The number of carboxylic acid groups (broad SMARTS) is 1.